The summed E-state index contributed by atoms with van der Waals surface area (Å²) < 4.78 is 0. The molecule has 4 aromatic carbocycles. The molecule has 1 N–H and O–H groups in total. The van der Waals surface area contributed by atoms with Crippen molar-refractivity contribution < 1.29 is 4.79 Å². The van der Waals surface area contributed by atoms with Crippen LogP contribution >= 0.6 is 0 Å². The molecule has 0 aliphatic carbocycles. The van der Waals surface area contributed by atoms with Crippen molar-refractivity contribution >= 4 is 28.1 Å². The largest absolute Gasteiger partial charge is 0.369 e. The van der Waals surface area contributed by atoms with Gasteiger partial charge in [0.05, 0.1) is 0 Å². The molecule has 6 rings (SSSR count). The van der Waals surface area contributed by atoms with Crippen LogP contribution in [-0.2, 0) is 13.0 Å². The van der Waals surface area contributed by atoms with Crippen molar-refractivity contribution in [3.8, 4) is 0 Å². The van der Waals surface area contributed by atoms with Gasteiger partial charge >= 0.3 is 0 Å². The van der Waals surface area contributed by atoms with Gasteiger partial charge in [-0.1, -0.05) is 60.7 Å². The lowest BCUT2D eigenvalue weighted by atomic mass is 9.95. The Kier molecular flexibility index (Phi) is 5.08. The van der Waals surface area contributed by atoms with Crippen molar-refractivity contribution in [3.63, 3.8) is 0 Å². The van der Waals surface area contributed by atoms with E-state index in [4.69, 9.17) is 0 Å². The Hall–Kier alpha value is -3.63. The summed E-state index contributed by atoms with van der Waals surface area (Å²) in [6.07, 6.45) is 0.866. The summed E-state index contributed by atoms with van der Waals surface area (Å²) >= 11 is 0. The number of hydrogen-bond donors (Lipinski definition) is 1. The van der Waals surface area contributed by atoms with Gasteiger partial charge in [0.25, 0.3) is 5.91 Å². The SMILES string of the molecule is O=C1Nc2ccc(Cc3ccc(CN4CCN(c5ccccc5)CC4)cc3)c3cccc1c23. The van der Waals surface area contributed by atoms with Crippen LogP contribution in [0.1, 0.15) is 27.0 Å². The minimum atomic E-state index is 0.00158. The number of nitrogens with zero attached hydrogens (tertiary/aromatic N) is 2. The number of carbonyl (C=O) groups is 1. The van der Waals surface area contributed by atoms with Gasteiger partial charge in [0.15, 0.2) is 0 Å². The third-order valence-electron chi connectivity index (χ3n) is 6.94. The first-order chi connectivity index (χ1) is 16.2. The number of anilines is 2. The smallest absolute Gasteiger partial charge is 0.256 e. The van der Waals surface area contributed by atoms with E-state index in [-0.39, 0.29) is 5.91 Å². The molecule has 0 atom stereocenters. The Morgan fingerprint density at radius 1 is 0.727 bits per heavy atom. The molecule has 2 heterocycles. The second-order valence-corrected chi connectivity index (χ2v) is 9.05. The van der Waals surface area contributed by atoms with Gasteiger partial charge in [-0.05, 0) is 52.8 Å². The van der Waals surface area contributed by atoms with Gasteiger partial charge in [-0.2, -0.15) is 0 Å². The van der Waals surface area contributed by atoms with Gasteiger partial charge in [0.2, 0.25) is 0 Å². The lowest BCUT2D eigenvalue weighted by molar-refractivity contribution is 0.103. The van der Waals surface area contributed by atoms with E-state index in [1.807, 2.05) is 18.2 Å². The van der Waals surface area contributed by atoms with E-state index < -0.39 is 0 Å². The molecule has 0 radical (unpaired) electrons. The van der Waals surface area contributed by atoms with Crippen LogP contribution in [0, 0.1) is 0 Å². The first kappa shape index (κ1) is 20.0. The first-order valence-corrected chi connectivity index (χ1v) is 11.7. The summed E-state index contributed by atoms with van der Waals surface area (Å²) in [5.41, 5.74) is 6.96. The maximum Gasteiger partial charge on any atom is 0.256 e. The Balaban J connectivity index is 1.12. The van der Waals surface area contributed by atoms with Crippen LogP contribution in [0.2, 0.25) is 0 Å². The van der Waals surface area contributed by atoms with Gasteiger partial charge in [-0.15, -0.1) is 0 Å². The van der Waals surface area contributed by atoms with Crippen LogP contribution in [0.5, 0.6) is 0 Å². The maximum absolute atomic E-state index is 12.2. The van der Waals surface area contributed by atoms with Crippen molar-refractivity contribution in [1.29, 1.82) is 0 Å². The molecule has 4 aromatic rings. The number of amides is 1. The number of carbonyl (C=O) groups excluding carboxylic acids is 1. The minimum Gasteiger partial charge on any atom is -0.369 e. The van der Waals surface area contributed by atoms with Crippen molar-refractivity contribution in [2.24, 2.45) is 0 Å². The quantitative estimate of drug-likeness (QED) is 0.463. The van der Waals surface area contributed by atoms with Gasteiger partial charge in [-0.3, -0.25) is 9.69 Å². The monoisotopic (exact) mass is 433 g/mol. The van der Waals surface area contributed by atoms with Crippen molar-refractivity contribution in [3.05, 3.63) is 107 Å². The van der Waals surface area contributed by atoms with E-state index in [2.05, 4.69) is 81.8 Å². The van der Waals surface area contributed by atoms with E-state index in [1.54, 1.807) is 0 Å². The van der Waals surface area contributed by atoms with Crippen LogP contribution in [0.15, 0.2) is 84.9 Å². The molecule has 1 amide bonds. The van der Waals surface area contributed by atoms with Crippen LogP contribution in [0.4, 0.5) is 11.4 Å². The standard InChI is InChI=1S/C29H27N3O/c33-29-26-8-4-7-25-23(13-14-27(30-29)28(25)26)19-21-9-11-22(12-10-21)20-31-15-17-32(18-16-31)24-5-2-1-3-6-24/h1-14H,15-20H2,(H,30,33). The fourth-order valence-electron chi connectivity index (χ4n) is 5.15. The minimum absolute atomic E-state index is 0.00158. The third kappa shape index (κ3) is 3.87. The van der Waals surface area contributed by atoms with Gasteiger partial charge in [0, 0.05) is 55.0 Å². The number of para-hydroxylation sites is 1. The van der Waals surface area contributed by atoms with Crippen LogP contribution in [0.3, 0.4) is 0 Å². The summed E-state index contributed by atoms with van der Waals surface area (Å²) in [6, 6.07) is 29.9. The molecule has 0 bridgehead atoms. The normalized spacial score (nSPS) is 15.8. The number of rotatable bonds is 5. The molecule has 2 aliphatic heterocycles. The lowest BCUT2D eigenvalue weighted by Gasteiger charge is -2.36. The summed E-state index contributed by atoms with van der Waals surface area (Å²) in [5, 5.41) is 5.21. The number of nitrogens with one attached hydrogen (secondary N) is 1. The molecule has 33 heavy (non-hydrogen) atoms. The summed E-state index contributed by atoms with van der Waals surface area (Å²) in [6.45, 7) is 5.32. The molecule has 164 valence electrons. The summed E-state index contributed by atoms with van der Waals surface area (Å²) in [4.78, 5) is 17.2. The predicted molar refractivity (Wildman–Crippen MR) is 135 cm³/mol. The van der Waals surface area contributed by atoms with E-state index in [9.17, 15) is 4.79 Å². The van der Waals surface area contributed by atoms with Gasteiger partial charge in [0.1, 0.15) is 0 Å². The molecular weight excluding hydrogens is 406 g/mol. The summed E-state index contributed by atoms with van der Waals surface area (Å²) in [5.74, 6) is 0.00158. The highest BCUT2D eigenvalue weighted by atomic mass is 16.1. The second-order valence-electron chi connectivity index (χ2n) is 9.05. The van der Waals surface area contributed by atoms with Crippen LogP contribution < -0.4 is 10.2 Å². The molecule has 4 heteroatoms. The molecule has 0 saturated carbocycles. The lowest BCUT2D eigenvalue weighted by Crippen LogP contribution is -2.45. The highest BCUT2D eigenvalue weighted by Crippen LogP contribution is 2.35. The highest BCUT2D eigenvalue weighted by Gasteiger charge is 2.22. The first-order valence-electron chi connectivity index (χ1n) is 11.7. The molecule has 1 saturated heterocycles. The Morgan fingerprint density at radius 3 is 2.27 bits per heavy atom. The number of hydrogen-bond acceptors (Lipinski definition) is 3. The Labute approximate surface area is 194 Å². The second kappa shape index (κ2) is 8.38. The fourth-order valence-corrected chi connectivity index (χ4v) is 5.15. The van der Waals surface area contributed by atoms with E-state index >= 15 is 0 Å². The molecule has 0 spiro atoms. The van der Waals surface area contributed by atoms with E-state index in [0.717, 1.165) is 55.8 Å². The average molecular weight is 434 g/mol. The fraction of sp³-hybridized carbons (Fsp3) is 0.207. The number of benzene rings is 4. The van der Waals surface area contributed by atoms with E-state index in [1.165, 1.54) is 27.8 Å². The zero-order valence-corrected chi connectivity index (χ0v) is 18.6. The van der Waals surface area contributed by atoms with Crippen molar-refractivity contribution in [2.45, 2.75) is 13.0 Å². The Bertz CT molecular complexity index is 1310. The van der Waals surface area contributed by atoms with Gasteiger partial charge in [-0.25, -0.2) is 0 Å². The zero-order valence-electron chi connectivity index (χ0n) is 18.6. The molecule has 0 aromatic heterocycles. The third-order valence-corrected chi connectivity index (χ3v) is 6.94. The summed E-state index contributed by atoms with van der Waals surface area (Å²) in [7, 11) is 0. The van der Waals surface area contributed by atoms with Crippen LogP contribution in [0.25, 0.3) is 10.8 Å². The van der Waals surface area contributed by atoms with E-state index in [0.29, 0.717) is 0 Å². The average Bonchev–Trinajstić information content (AvgIpc) is 3.20. The molecule has 2 aliphatic rings. The number of piperazine rings is 1. The van der Waals surface area contributed by atoms with Crippen LogP contribution in [-0.4, -0.2) is 37.0 Å². The maximum atomic E-state index is 12.2. The predicted octanol–water partition coefficient (Wildman–Crippen LogP) is 5.32. The highest BCUT2D eigenvalue weighted by molar-refractivity contribution is 6.24. The topological polar surface area (TPSA) is 35.6 Å². The molecular formula is C29H27N3O. The molecule has 1 fully saturated rings. The van der Waals surface area contributed by atoms with Crippen molar-refractivity contribution in [1.82, 2.24) is 4.90 Å². The Morgan fingerprint density at radius 2 is 1.48 bits per heavy atom. The molecule has 0 unspecified atom stereocenters. The zero-order chi connectivity index (χ0) is 22.2. The van der Waals surface area contributed by atoms with Gasteiger partial charge < -0.3 is 10.2 Å². The van der Waals surface area contributed by atoms with Crippen molar-refractivity contribution in [2.75, 3.05) is 36.4 Å². The molecule has 4 nitrogen and oxygen atoms in total.